The minimum absolute atomic E-state index is 0.221. The van der Waals surface area contributed by atoms with Gasteiger partial charge in [0.1, 0.15) is 0 Å². The lowest BCUT2D eigenvalue weighted by molar-refractivity contribution is 0.478. The van der Waals surface area contributed by atoms with Crippen molar-refractivity contribution in [2.24, 2.45) is 15.0 Å². The van der Waals surface area contributed by atoms with Crippen LogP contribution in [0.15, 0.2) is 191 Å². The Hall–Kier alpha value is -6.66. The van der Waals surface area contributed by atoms with Gasteiger partial charge in [0.15, 0.2) is 29.1 Å². The first kappa shape index (κ1) is 37.1. The van der Waals surface area contributed by atoms with Crippen LogP contribution in [0.25, 0.3) is 34.2 Å². The maximum Gasteiger partial charge on any atom is 0.164 e. The molecule has 0 aliphatic rings. The molecule has 6 rings (SSSR count). The van der Waals surface area contributed by atoms with Gasteiger partial charge in [-0.15, -0.1) is 0 Å². The molecule has 0 spiro atoms. The molecule has 0 unspecified atom stereocenters. The monoisotopic (exact) mass is 704 g/mol. The lowest BCUT2D eigenvalue weighted by Crippen LogP contribution is -2.26. The zero-order valence-electron chi connectivity index (χ0n) is 30.9. The second-order valence-corrected chi connectivity index (χ2v) is 12.8. The van der Waals surface area contributed by atoms with Crippen LogP contribution in [0.5, 0.6) is 0 Å². The molecule has 0 aliphatic heterocycles. The van der Waals surface area contributed by atoms with E-state index in [1.54, 1.807) is 12.2 Å². The Morgan fingerprint density at radius 1 is 0.574 bits per heavy atom. The Morgan fingerprint density at radius 2 is 1.02 bits per heavy atom. The first-order valence-corrected chi connectivity index (χ1v) is 18.2. The number of rotatable bonds is 13. The molecule has 0 saturated heterocycles. The van der Waals surface area contributed by atoms with Crippen molar-refractivity contribution in [3.63, 3.8) is 0 Å². The molecule has 0 aliphatic carbocycles. The summed E-state index contributed by atoms with van der Waals surface area (Å²) in [5.74, 6) is 2.99. The van der Waals surface area contributed by atoms with Gasteiger partial charge in [-0.05, 0) is 36.3 Å². The molecule has 54 heavy (non-hydrogen) atoms. The van der Waals surface area contributed by atoms with Crippen LogP contribution in [0.4, 0.5) is 0 Å². The summed E-state index contributed by atoms with van der Waals surface area (Å²) in [6, 6.07) is 47.2. The van der Waals surface area contributed by atoms with Gasteiger partial charge in [0.25, 0.3) is 0 Å². The highest BCUT2D eigenvalue weighted by molar-refractivity contribution is 6.12. The lowest BCUT2D eigenvalue weighted by atomic mass is 9.70. The summed E-state index contributed by atoms with van der Waals surface area (Å²) in [7, 11) is 0. The summed E-state index contributed by atoms with van der Waals surface area (Å²) in [5, 5.41) is 0. The predicted molar refractivity (Wildman–Crippen MR) is 226 cm³/mol. The van der Waals surface area contributed by atoms with Crippen LogP contribution in [0.1, 0.15) is 48.9 Å². The van der Waals surface area contributed by atoms with Crippen LogP contribution < -0.4 is 0 Å². The number of allylic oxidation sites excluding steroid dienone is 2. The van der Waals surface area contributed by atoms with Gasteiger partial charge in [-0.25, -0.2) is 24.9 Å². The second-order valence-electron chi connectivity index (χ2n) is 12.8. The highest BCUT2D eigenvalue weighted by Crippen LogP contribution is 2.40. The van der Waals surface area contributed by atoms with E-state index in [0.29, 0.717) is 35.7 Å². The predicted octanol–water partition coefficient (Wildman–Crippen LogP) is 11.2. The molecular weight excluding hydrogens is 661 g/mol. The highest BCUT2D eigenvalue weighted by Gasteiger charge is 2.31. The Kier molecular flexibility index (Phi) is 12.2. The van der Waals surface area contributed by atoms with Crippen molar-refractivity contribution < 1.29 is 0 Å². The van der Waals surface area contributed by atoms with E-state index in [0.717, 1.165) is 46.2 Å². The second kappa shape index (κ2) is 17.7. The molecule has 6 heteroatoms. The highest BCUT2D eigenvalue weighted by atomic mass is 15.0. The molecule has 0 amide bonds. The Morgan fingerprint density at radius 3 is 1.46 bits per heavy atom. The Bertz CT molecular complexity index is 2230. The zero-order chi connectivity index (χ0) is 37.8. The fourth-order valence-electron chi connectivity index (χ4n) is 6.62. The van der Waals surface area contributed by atoms with Crippen molar-refractivity contribution in [3.05, 3.63) is 199 Å². The first-order valence-electron chi connectivity index (χ1n) is 18.2. The molecule has 266 valence electrons. The van der Waals surface area contributed by atoms with E-state index in [1.807, 2.05) is 97.1 Å². The molecule has 0 fully saturated rings. The zero-order valence-corrected chi connectivity index (χ0v) is 30.9. The summed E-state index contributed by atoms with van der Waals surface area (Å²) >= 11 is 0. The fourth-order valence-corrected chi connectivity index (χ4v) is 6.62. The number of hydrogen-bond donors (Lipinski definition) is 0. The van der Waals surface area contributed by atoms with E-state index in [9.17, 15) is 0 Å². The maximum atomic E-state index is 4.93. The van der Waals surface area contributed by atoms with Crippen LogP contribution in [0.3, 0.4) is 0 Å². The average Bonchev–Trinajstić information content (AvgIpc) is 3.25. The summed E-state index contributed by atoms with van der Waals surface area (Å²) in [6.45, 7) is 16.5. The van der Waals surface area contributed by atoms with Crippen LogP contribution in [-0.4, -0.2) is 39.9 Å². The SMILES string of the molecule is C=C/C=C(\C=C)CN=C(N=C(N=C)c1ccccc1)c1ccc(C(CC)(CC)c2ccc(-c3nc(-c4ccccc4)nc(-c4ccccc4)n3)cc2)cc1. The van der Waals surface area contributed by atoms with Crippen LogP contribution >= 0.6 is 0 Å². The van der Waals surface area contributed by atoms with Crippen molar-refractivity contribution in [1.82, 2.24) is 15.0 Å². The van der Waals surface area contributed by atoms with E-state index < -0.39 is 0 Å². The number of benzene rings is 5. The third kappa shape index (κ3) is 8.35. The third-order valence-corrected chi connectivity index (χ3v) is 9.70. The quantitative estimate of drug-likeness (QED) is 0.0682. The maximum absolute atomic E-state index is 4.93. The van der Waals surface area contributed by atoms with Crippen LogP contribution in [0, 0.1) is 0 Å². The van der Waals surface area contributed by atoms with Gasteiger partial charge in [0, 0.05) is 33.2 Å². The first-order chi connectivity index (χ1) is 26.5. The van der Waals surface area contributed by atoms with E-state index in [1.165, 1.54) is 11.1 Å². The normalized spacial score (nSPS) is 12.3. The smallest absolute Gasteiger partial charge is 0.164 e. The number of aliphatic imine (C=N–C) groups is 3. The van der Waals surface area contributed by atoms with Gasteiger partial charge in [-0.2, -0.15) is 0 Å². The number of amidine groups is 2. The topological polar surface area (TPSA) is 75.8 Å². The molecule has 6 aromatic rings. The van der Waals surface area contributed by atoms with Gasteiger partial charge >= 0.3 is 0 Å². The molecular formula is C48H44N6. The van der Waals surface area contributed by atoms with Gasteiger partial charge in [-0.3, -0.25) is 4.99 Å². The molecule has 0 saturated carbocycles. The third-order valence-electron chi connectivity index (χ3n) is 9.70. The molecule has 1 aromatic heterocycles. The summed E-state index contributed by atoms with van der Waals surface area (Å²) in [5.41, 5.74) is 7.73. The van der Waals surface area contributed by atoms with Gasteiger partial charge < -0.3 is 0 Å². The number of nitrogens with zero attached hydrogens (tertiary/aromatic N) is 6. The van der Waals surface area contributed by atoms with Gasteiger partial charge in [-0.1, -0.05) is 185 Å². The minimum Gasteiger partial charge on any atom is -0.261 e. The van der Waals surface area contributed by atoms with Gasteiger partial charge in [0.2, 0.25) is 0 Å². The lowest BCUT2D eigenvalue weighted by Gasteiger charge is -2.33. The summed E-state index contributed by atoms with van der Waals surface area (Å²) < 4.78 is 0. The van der Waals surface area contributed by atoms with Crippen molar-refractivity contribution >= 4 is 18.4 Å². The summed E-state index contributed by atoms with van der Waals surface area (Å²) in [4.78, 5) is 28.8. The largest absolute Gasteiger partial charge is 0.261 e. The standard InChI is InChI=1S/C48H44N6/c1-6-19-35(7-2)34-50-44(51-43(49-5)36-20-13-10-14-21-36)39-26-30-41(31-27-39)48(8-3,9-4)42-32-28-40(29-33-42)47-53-45(37-22-15-11-16-23-37)52-46(54-47)38-24-17-12-18-25-38/h6-7,10-33H,1-2,5,8-9,34H2,3-4H3/b35-19+,50-44?,51-43?. The van der Waals surface area contributed by atoms with Crippen molar-refractivity contribution in [2.45, 2.75) is 32.1 Å². The van der Waals surface area contributed by atoms with Gasteiger partial charge in [0.05, 0.1) is 6.54 Å². The minimum atomic E-state index is -0.221. The number of hydrogen-bond acceptors (Lipinski definition) is 4. The molecule has 0 N–H and O–H groups in total. The Balaban J connectivity index is 1.36. The van der Waals surface area contributed by atoms with E-state index in [2.05, 4.69) is 87.2 Å². The molecule has 0 atom stereocenters. The molecule has 1 heterocycles. The fraction of sp³-hybridized carbons (Fsp3) is 0.125. The van der Waals surface area contributed by atoms with Crippen molar-refractivity contribution in [1.29, 1.82) is 0 Å². The van der Waals surface area contributed by atoms with E-state index in [4.69, 9.17) is 24.9 Å². The molecule has 0 radical (unpaired) electrons. The summed E-state index contributed by atoms with van der Waals surface area (Å²) in [6.07, 6.45) is 7.25. The number of aromatic nitrogens is 3. The molecule has 0 bridgehead atoms. The van der Waals surface area contributed by atoms with E-state index >= 15 is 0 Å². The van der Waals surface area contributed by atoms with Crippen LogP contribution in [-0.2, 0) is 5.41 Å². The average molecular weight is 705 g/mol. The molecule has 6 nitrogen and oxygen atoms in total. The van der Waals surface area contributed by atoms with E-state index in [-0.39, 0.29) is 5.41 Å². The van der Waals surface area contributed by atoms with Crippen molar-refractivity contribution in [2.75, 3.05) is 6.54 Å². The molecule has 5 aromatic carbocycles. The van der Waals surface area contributed by atoms with Crippen molar-refractivity contribution in [3.8, 4) is 34.2 Å². The van der Waals surface area contributed by atoms with Crippen LogP contribution in [0.2, 0.25) is 0 Å². The Labute approximate surface area is 318 Å².